The van der Waals surface area contributed by atoms with Crippen molar-refractivity contribution in [1.29, 1.82) is 0 Å². The quantitative estimate of drug-likeness (QED) is 0.540. The fourth-order valence-corrected chi connectivity index (χ4v) is 1.56. The maximum Gasteiger partial charge on any atom is 0.162 e. The molecule has 3 N–H and O–H groups in total. The Hall–Kier alpha value is -1.64. The van der Waals surface area contributed by atoms with Gasteiger partial charge in [0.1, 0.15) is 0 Å². The SMILES string of the molecule is Cc1cc2cc(O)c(O)c(C)c2[nH]1. The molecule has 2 aromatic rings. The maximum atomic E-state index is 9.44. The molecule has 0 atom stereocenters. The van der Waals surface area contributed by atoms with Crippen LogP contribution in [0.1, 0.15) is 11.3 Å². The number of aryl methyl sites for hydroxylation is 2. The lowest BCUT2D eigenvalue weighted by Gasteiger charge is -2.02. The molecule has 1 heterocycles. The van der Waals surface area contributed by atoms with Gasteiger partial charge < -0.3 is 15.2 Å². The number of aromatic amines is 1. The van der Waals surface area contributed by atoms with Crippen LogP contribution in [0.3, 0.4) is 0 Å². The summed E-state index contributed by atoms with van der Waals surface area (Å²) in [5.74, 6) is -0.113. The van der Waals surface area contributed by atoms with Gasteiger partial charge in [0.2, 0.25) is 0 Å². The Bertz CT molecular complexity index is 471. The van der Waals surface area contributed by atoms with Crippen LogP contribution in [0.4, 0.5) is 0 Å². The van der Waals surface area contributed by atoms with E-state index in [1.165, 1.54) is 0 Å². The number of nitrogens with one attached hydrogen (secondary N) is 1. The van der Waals surface area contributed by atoms with Gasteiger partial charge in [0.05, 0.1) is 5.52 Å². The van der Waals surface area contributed by atoms with E-state index in [2.05, 4.69) is 4.98 Å². The lowest BCUT2D eigenvalue weighted by molar-refractivity contribution is 0.402. The first kappa shape index (κ1) is 7.98. The Morgan fingerprint density at radius 3 is 2.54 bits per heavy atom. The van der Waals surface area contributed by atoms with Gasteiger partial charge in [-0.1, -0.05) is 0 Å². The largest absolute Gasteiger partial charge is 0.504 e. The van der Waals surface area contributed by atoms with E-state index in [1.54, 1.807) is 13.0 Å². The van der Waals surface area contributed by atoms with Crippen molar-refractivity contribution in [3.63, 3.8) is 0 Å². The minimum atomic E-state index is -0.0657. The summed E-state index contributed by atoms with van der Waals surface area (Å²) < 4.78 is 0. The highest BCUT2D eigenvalue weighted by Gasteiger charge is 2.09. The first-order chi connectivity index (χ1) is 6.09. The number of rotatable bonds is 0. The second-order valence-corrected chi connectivity index (χ2v) is 3.29. The lowest BCUT2D eigenvalue weighted by Crippen LogP contribution is -1.79. The molecule has 0 bridgehead atoms. The van der Waals surface area contributed by atoms with Gasteiger partial charge in [-0.15, -0.1) is 0 Å². The van der Waals surface area contributed by atoms with E-state index < -0.39 is 0 Å². The van der Waals surface area contributed by atoms with E-state index in [4.69, 9.17) is 0 Å². The fourth-order valence-electron chi connectivity index (χ4n) is 1.56. The number of benzene rings is 1. The van der Waals surface area contributed by atoms with Crippen LogP contribution in [0.25, 0.3) is 10.9 Å². The van der Waals surface area contributed by atoms with Crippen LogP contribution in [0.5, 0.6) is 11.5 Å². The first-order valence-electron chi connectivity index (χ1n) is 4.10. The molecule has 68 valence electrons. The highest BCUT2D eigenvalue weighted by Crippen LogP contribution is 2.34. The van der Waals surface area contributed by atoms with Crippen LogP contribution in [0, 0.1) is 13.8 Å². The number of fused-ring (bicyclic) bond motifs is 1. The van der Waals surface area contributed by atoms with Crippen molar-refractivity contribution in [2.24, 2.45) is 0 Å². The third-order valence-corrected chi connectivity index (χ3v) is 2.25. The summed E-state index contributed by atoms with van der Waals surface area (Å²) >= 11 is 0. The van der Waals surface area contributed by atoms with E-state index in [1.807, 2.05) is 13.0 Å². The van der Waals surface area contributed by atoms with Crippen molar-refractivity contribution in [2.75, 3.05) is 0 Å². The fraction of sp³-hybridized carbons (Fsp3) is 0.200. The molecule has 1 aromatic heterocycles. The van der Waals surface area contributed by atoms with Crippen molar-refractivity contribution >= 4 is 10.9 Å². The Morgan fingerprint density at radius 1 is 1.15 bits per heavy atom. The van der Waals surface area contributed by atoms with E-state index >= 15 is 0 Å². The third-order valence-electron chi connectivity index (χ3n) is 2.25. The van der Waals surface area contributed by atoms with Crippen LogP contribution in [-0.4, -0.2) is 15.2 Å². The zero-order valence-corrected chi connectivity index (χ0v) is 7.55. The molecule has 0 unspecified atom stereocenters. The second kappa shape index (κ2) is 2.42. The number of H-pyrrole nitrogens is 1. The van der Waals surface area contributed by atoms with E-state index in [0.29, 0.717) is 5.56 Å². The standard InChI is InChI=1S/C10H11NO2/c1-5-3-7-4-8(12)10(13)6(2)9(7)11-5/h3-4,11-13H,1-2H3. The highest BCUT2D eigenvalue weighted by atomic mass is 16.3. The molecule has 0 fully saturated rings. The zero-order chi connectivity index (χ0) is 9.59. The number of hydrogen-bond acceptors (Lipinski definition) is 2. The topological polar surface area (TPSA) is 56.2 Å². The van der Waals surface area contributed by atoms with Gasteiger partial charge in [0.15, 0.2) is 11.5 Å². The minimum Gasteiger partial charge on any atom is -0.504 e. The summed E-state index contributed by atoms with van der Waals surface area (Å²) in [4.78, 5) is 3.12. The molecule has 13 heavy (non-hydrogen) atoms. The molecule has 0 radical (unpaired) electrons. The summed E-state index contributed by atoms with van der Waals surface area (Å²) in [7, 11) is 0. The van der Waals surface area contributed by atoms with Crippen molar-refractivity contribution in [2.45, 2.75) is 13.8 Å². The predicted molar refractivity (Wildman–Crippen MR) is 51.1 cm³/mol. The first-order valence-corrected chi connectivity index (χ1v) is 4.10. The molecule has 1 aromatic carbocycles. The smallest absolute Gasteiger partial charge is 0.162 e. The van der Waals surface area contributed by atoms with Crippen LogP contribution >= 0.6 is 0 Å². The summed E-state index contributed by atoms with van der Waals surface area (Å²) in [5.41, 5.74) is 2.58. The Balaban J connectivity index is 2.92. The third kappa shape index (κ3) is 1.04. The Labute approximate surface area is 75.6 Å². The number of phenolic OH excluding ortho intramolecular Hbond substituents is 2. The van der Waals surface area contributed by atoms with Gasteiger partial charge in [-0.25, -0.2) is 0 Å². The summed E-state index contributed by atoms with van der Waals surface area (Å²) in [5, 5.41) is 19.7. The molecule has 0 aliphatic rings. The van der Waals surface area contributed by atoms with E-state index in [-0.39, 0.29) is 11.5 Å². The van der Waals surface area contributed by atoms with Crippen molar-refractivity contribution < 1.29 is 10.2 Å². The van der Waals surface area contributed by atoms with Crippen molar-refractivity contribution in [3.05, 3.63) is 23.4 Å². The predicted octanol–water partition coefficient (Wildman–Crippen LogP) is 2.20. The molecular weight excluding hydrogens is 166 g/mol. The van der Waals surface area contributed by atoms with E-state index in [9.17, 15) is 10.2 Å². The van der Waals surface area contributed by atoms with Crippen molar-refractivity contribution in [1.82, 2.24) is 4.98 Å². The average molecular weight is 177 g/mol. The molecule has 3 heteroatoms. The molecule has 0 saturated carbocycles. The number of phenols is 2. The Kier molecular flexibility index (Phi) is 1.49. The number of aromatic nitrogens is 1. The molecule has 0 spiro atoms. The van der Waals surface area contributed by atoms with Gasteiger partial charge in [0, 0.05) is 16.6 Å². The molecular formula is C10H11NO2. The lowest BCUT2D eigenvalue weighted by atomic mass is 10.1. The zero-order valence-electron chi connectivity index (χ0n) is 7.55. The number of hydrogen-bond donors (Lipinski definition) is 3. The molecule has 0 amide bonds. The molecule has 3 nitrogen and oxygen atoms in total. The van der Waals surface area contributed by atoms with Gasteiger partial charge in [-0.05, 0) is 26.0 Å². The van der Waals surface area contributed by atoms with Crippen LogP contribution in [-0.2, 0) is 0 Å². The molecule has 0 saturated heterocycles. The average Bonchev–Trinajstić information content (AvgIpc) is 2.42. The van der Waals surface area contributed by atoms with E-state index in [0.717, 1.165) is 16.6 Å². The van der Waals surface area contributed by atoms with Gasteiger partial charge in [0.25, 0.3) is 0 Å². The summed E-state index contributed by atoms with van der Waals surface area (Å²) in [6.07, 6.45) is 0. The Morgan fingerprint density at radius 2 is 1.85 bits per heavy atom. The monoisotopic (exact) mass is 177 g/mol. The maximum absolute atomic E-state index is 9.44. The molecule has 0 aliphatic heterocycles. The summed E-state index contributed by atoms with van der Waals surface area (Å²) in [6, 6.07) is 3.49. The highest BCUT2D eigenvalue weighted by molar-refractivity contribution is 5.87. The second-order valence-electron chi connectivity index (χ2n) is 3.29. The van der Waals surface area contributed by atoms with Crippen LogP contribution in [0.15, 0.2) is 12.1 Å². The minimum absolute atomic E-state index is 0.0469. The normalized spacial score (nSPS) is 10.9. The van der Waals surface area contributed by atoms with Crippen LogP contribution < -0.4 is 0 Å². The van der Waals surface area contributed by atoms with Crippen molar-refractivity contribution in [3.8, 4) is 11.5 Å². The molecule has 2 rings (SSSR count). The number of aromatic hydroxyl groups is 2. The van der Waals surface area contributed by atoms with Crippen LogP contribution in [0.2, 0.25) is 0 Å². The van der Waals surface area contributed by atoms with Gasteiger partial charge in [-0.3, -0.25) is 0 Å². The van der Waals surface area contributed by atoms with Gasteiger partial charge >= 0.3 is 0 Å². The van der Waals surface area contributed by atoms with Gasteiger partial charge in [-0.2, -0.15) is 0 Å². The summed E-state index contributed by atoms with van der Waals surface area (Å²) in [6.45, 7) is 3.71. The molecule has 0 aliphatic carbocycles.